The Morgan fingerprint density at radius 2 is 1.47 bits per heavy atom. The Morgan fingerprint density at radius 3 is 1.97 bits per heavy atom. The van der Waals surface area contributed by atoms with Crippen LogP contribution in [0.2, 0.25) is 0 Å². The van der Waals surface area contributed by atoms with E-state index in [0.717, 1.165) is 21.0 Å². The number of carboxylic acids is 1. The smallest absolute Gasteiger partial charge is 0.333 e. The molecule has 1 atom stereocenters. The first-order valence-electron chi connectivity index (χ1n) is 9.47. The van der Waals surface area contributed by atoms with E-state index in [-0.39, 0.29) is 5.57 Å². The Morgan fingerprint density at radius 1 is 0.900 bits per heavy atom. The Balaban J connectivity index is 2.12. The van der Waals surface area contributed by atoms with Gasteiger partial charge in [0.25, 0.3) is 0 Å². The first-order chi connectivity index (χ1) is 14.4. The molecular formula is C24H23NO4S. The molecule has 3 aromatic rings. The first-order valence-corrected chi connectivity index (χ1v) is 10.6. The fourth-order valence-corrected chi connectivity index (χ4v) is 4.14. The largest absolute Gasteiger partial charge is 0.478 e. The molecule has 5 nitrogen and oxygen atoms in total. The van der Waals surface area contributed by atoms with Gasteiger partial charge in [0.05, 0.1) is 11.3 Å². The van der Waals surface area contributed by atoms with E-state index >= 15 is 0 Å². The van der Waals surface area contributed by atoms with Gasteiger partial charge in [0.1, 0.15) is 6.04 Å². The molecule has 3 aromatic carbocycles. The van der Waals surface area contributed by atoms with Crippen LogP contribution in [0.3, 0.4) is 0 Å². The lowest BCUT2D eigenvalue weighted by Crippen LogP contribution is -2.31. The zero-order chi connectivity index (χ0) is 21.7. The summed E-state index contributed by atoms with van der Waals surface area (Å²) in [7, 11) is -3.10. The van der Waals surface area contributed by atoms with Crippen LogP contribution in [0, 0.1) is 6.92 Å². The molecule has 3 rings (SSSR count). The molecule has 0 saturated heterocycles. The van der Waals surface area contributed by atoms with Crippen molar-refractivity contribution in [3.8, 4) is 11.1 Å². The highest BCUT2D eigenvalue weighted by atomic mass is 32.2. The fourth-order valence-electron chi connectivity index (χ4n) is 3.37. The number of benzene rings is 3. The van der Waals surface area contributed by atoms with Crippen LogP contribution in [-0.4, -0.2) is 19.5 Å². The summed E-state index contributed by atoms with van der Waals surface area (Å²) >= 11 is 0. The van der Waals surface area contributed by atoms with E-state index < -0.39 is 22.9 Å². The predicted octanol–water partition coefficient (Wildman–Crippen LogP) is 4.77. The van der Waals surface area contributed by atoms with Crippen molar-refractivity contribution in [1.29, 1.82) is 0 Å². The van der Waals surface area contributed by atoms with Crippen molar-refractivity contribution in [2.24, 2.45) is 0 Å². The van der Waals surface area contributed by atoms with Crippen molar-refractivity contribution in [1.82, 2.24) is 0 Å². The SMILES string of the molecule is CC=C(C(=O)O)C(c1ccc(-c2ccccc2)cc1)N(c1ccc(C)cc1)[SH](=O)=O. The van der Waals surface area contributed by atoms with Crippen molar-refractivity contribution in [3.63, 3.8) is 0 Å². The molecule has 0 fully saturated rings. The number of carboxylic acid groups (broad SMARTS) is 1. The molecule has 0 amide bonds. The van der Waals surface area contributed by atoms with E-state index in [0.29, 0.717) is 11.3 Å². The fraction of sp³-hybridized carbons (Fsp3) is 0.125. The summed E-state index contributed by atoms with van der Waals surface area (Å²) in [6.45, 7) is 3.50. The molecule has 0 aliphatic carbocycles. The second kappa shape index (κ2) is 9.41. The molecule has 0 aliphatic rings. The second-order valence-corrected chi connectivity index (χ2v) is 7.76. The van der Waals surface area contributed by atoms with Crippen molar-refractivity contribution in [3.05, 3.63) is 102 Å². The highest BCUT2D eigenvalue weighted by molar-refractivity contribution is 7.74. The first kappa shape index (κ1) is 21.3. The number of hydrogen-bond acceptors (Lipinski definition) is 3. The highest BCUT2D eigenvalue weighted by Crippen LogP contribution is 2.34. The minimum atomic E-state index is -3.10. The van der Waals surface area contributed by atoms with E-state index in [1.807, 2.05) is 49.4 Å². The maximum absolute atomic E-state index is 12.3. The molecule has 30 heavy (non-hydrogen) atoms. The number of allylic oxidation sites excluding steroid dienone is 1. The summed E-state index contributed by atoms with van der Waals surface area (Å²) < 4.78 is 25.7. The van der Waals surface area contributed by atoms with Gasteiger partial charge in [-0.3, -0.25) is 4.31 Å². The molecule has 0 spiro atoms. The minimum Gasteiger partial charge on any atom is -0.478 e. The van der Waals surface area contributed by atoms with Crippen LogP contribution in [0.1, 0.15) is 24.1 Å². The van der Waals surface area contributed by atoms with Gasteiger partial charge >= 0.3 is 5.97 Å². The van der Waals surface area contributed by atoms with Crippen molar-refractivity contribution in [2.45, 2.75) is 19.9 Å². The van der Waals surface area contributed by atoms with Gasteiger partial charge < -0.3 is 5.11 Å². The molecule has 0 radical (unpaired) electrons. The van der Waals surface area contributed by atoms with E-state index in [2.05, 4.69) is 0 Å². The van der Waals surface area contributed by atoms with Gasteiger partial charge in [-0.2, -0.15) is 0 Å². The minimum absolute atomic E-state index is 0.0118. The molecule has 6 heteroatoms. The lowest BCUT2D eigenvalue weighted by atomic mass is 9.95. The normalized spacial score (nSPS) is 12.6. The van der Waals surface area contributed by atoms with Crippen molar-refractivity contribution in [2.75, 3.05) is 4.31 Å². The van der Waals surface area contributed by atoms with E-state index in [1.165, 1.54) is 6.08 Å². The number of thiol groups is 1. The Kier molecular flexibility index (Phi) is 6.69. The Labute approximate surface area is 178 Å². The van der Waals surface area contributed by atoms with Gasteiger partial charge in [0.2, 0.25) is 10.9 Å². The highest BCUT2D eigenvalue weighted by Gasteiger charge is 2.30. The van der Waals surface area contributed by atoms with Crippen LogP contribution in [0.4, 0.5) is 5.69 Å². The molecule has 154 valence electrons. The monoisotopic (exact) mass is 421 g/mol. The van der Waals surface area contributed by atoms with Gasteiger partial charge in [-0.05, 0) is 42.7 Å². The predicted molar refractivity (Wildman–Crippen MR) is 120 cm³/mol. The van der Waals surface area contributed by atoms with Gasteiger partial charge in [-0.25, -0.2) is 13.2 Å². The number of carbonyl (C=O) groups is 1. The zero-order valence-corrected chi connectivity index (χ0v) is 17.6. The topological polar surface area (TPSA) is 74.7 Å². The van der Waals surface area contributed by atoms with Crippen LogP contribution in [0.5, 0.6) is 0 Å². The van der Waals surface area contributed by atoms with Crippen molar-refractivity contribution >= 4 is 22.5 Å². The molecule has 0 aliphatic heterocycles. The molecule has 0 aromatic heterocycles. The molecule has 0 heterocycles. The second-order valence-electron chi connectivity index (χ2n) is 6.86. The summed E-state index contributed by atoms with van der Waals surface area (Å²) in [5, 5.41) is 9.77. The number of hydrogen-bond donors (Lipinski definition) is 2. The van der Waals surface area contributed by atoms with Crippen LogP contribution < -0.4 is 4.31 Å². The van der Waals surface area contributed by atoms with Gasteiger partial charge in [-0.15, -0.1) is 0 Å². The lowest BCUT2D eigenvalue weighted by Gasteiger charge is -2.29. The number of aryl methyl sites for hydroxylation is 1. The average molecular weight is 422 g/mol. The lowest BCUT2D eigenvalue weighted by molar-refractivity contribution is -0.132. The average Bonchev–Trinajstić information content (AvgIpc) is 2.75. The maximum Gasteiger partial charge on any atom is 0.333 e. The molecule has 0 bridgehead atoms. The Hall–Kier alpha value is -3.38. The van der Waals surface area contributed by atoms with E-state index in [9.17, 15) is 18.3 Å². The third-order valence-corrected chi connectivity index (χ3v) is 5.72. The zero-order valence-electron chi connectivity index (χ0n) is 16.7. The van der Waals surface area contributed by atoms with Crippen LogP contribution in [0.15, 0.2) is 90.5 Å². The van der Waals surface area contributed by atoms with Crippen LogP contribution in [-0.2, 0) is 15.7 Å². The molecule has 1 unspecified atom stereocenters. The molecule has 1 N–H and O–H groups in total. The summed E-state index contributed by atoms with van der Waals surface area (Å²) in [6, 6.07) is 23.1. The van der Waals surface area contributed by atoms with Crippen molar-refractivity contribution < 1.29 is 18.3 Å². The number of aliphatic carboxylic acids is 1. The van der Waals surface area contributed by atoms with Gasteiger partial charge in [-0.1, -0.05) is 78.4 Å². The maximum atomic E-state index is 12.3. The van der Waals surface area contributed by atoms with E-state index in [4.69, 9.17) is 0 Å². The van der Waals surface area contributed by atoms with Crippen LogP contribution >= 0.6 is 0 Å². The summed E-state index contributed by atoms with van der Waals surface area (Å²) in [4.78, 5) is 12.0. The summed E-state index contributed by atoms with van der Waals surface area (Å²) in [6.07, 6.45) is 1.44. The van der Waals surface area contributed by atoms with Gasteiger partial charge in [0, 0.05) is 0 Å². The Bertz CT molecular complexity index is 1110. The number of nitrogens with zero attached hydrogens (tertiary/aromatic N) is 1. The number of rotatable bonds is 7. The summed E-state index contributed by atoms with van der Waals surface area (Å²) in [5.41, 5.74) is 3.94. The van der Waals surface area contributed by atoms with Crippen LogP contribution in [0.25, 0.3) is 11.1 Å². The standard InChI is InChI=1S/C24H23NO4S/c1-3-22(24(26)27)23(25(30(28)29)21-15-9-17(2)10-16-21)20-13-11-19(12-14-20)18-7-5-4-6-8-18/h3-16,23,30H,1-2H3,(H,26,27). The number of anilines is 1. The third-order valence-electron chi connectivity index (χ3n) is 4.91. The summed E-state index contributed by atoms with van der Waals surface area (Å²) in [5.74, 6) is -1.16. The van der Waals surface area contributed by atoms with E-state index in [1.54, 1.807) is 43.3 Å². The molecule has 0 saturated carbocycles. The molecular weight excluding hydrogens is 398 g/mol. The van der Waals surface area contributed by atoms with Gasteiger partial charge in [0.15, 0.2) is 0 Å². The quantitative estimate of drug-likeness (QED) is 0.426. The third kappa shape index (κ3) is 4.60.